The van der Waals surface area contributed by atoms with Crippen LogP contribution in [0.1, 0.15) is 5.82 Å². The fourth-order valence-electron chi connectivity index (χ4n) is 1.94. The molecule has 0 bridgehead atoms. The average Bonchev–Trinajstić information content (AvgIpc) is 2.81. The largest absolute Gasteiger partial charge is 0.298 e. The summed E-state index contributed by atoms with van der Waals surface area (Å²) in [6.45, 7) is 1.79. The van der Waals surface area contributed by atoms with Crippen molar-refractivity contribution in [2.75, 3.05) is 0 Å². The van der Waals surface area contributed by atoms with Gasteiger partial charge in [-0.3, -0.25) is 13.9 Å². The van der Waals surface area contributed by atoms with Gasteiger partial charge < -0.3 is 0 Å². The molecule has 0 amide bonds. The minimum absolute atomic E-state index is 0.0844. The molecule has 2 heterocycles. The summed E-state index contributed by atoms with van der Waals surface area (Å²) in [5.74, 6) is 0.658. The normalized spacial score (nSPS) is 11.0. The molecule has 0 spiro atoms. The van der Waals surface area contributed by atoms with E-state index in [4.69, 9.17) is 0 Å². The summed E-state index contributed by atoms with van der Waals surface area (Å²) in [6, 6.07) is 9.64. The third kappa shape index (κ3) is 1.44. The first-order valence-corrected chi connectivity index (χ1v) is 5.64. The van der Waals surface area contributed by atoms with E-state index in [1.807, 2.05) is 30.3 Å². The van der Waals surface area contributed by atoms with Gasteiger partial charge in [-0.1, -0.05) is 18.2 Å². The minimum atomic E-state index is -0.0844. The van der Waals surface area contributed by atoms with Gasteiger partial charge in [0.05, 0.1) is 0 Å². The van der Waals surface area contributed by atoms with E-state index < -0.39 is 0 Å². The summed E-state index contributed by atoms with van der Waals surface area (Å²) in [7, 11) is 1.71. The first kappa shape index (κ1) is 10.7. The summed E-state index contributed by atoms with van der Waals surface area (Å²) in [6.07, 6.45) is 1.63. The molecular formula is C13H12N4O. The van der Waals surface area contributed by atoms with Gasteiger partial charge in [0.15, 0.2) is 11.2 Å². The van der Waals surface area contributed by atoms with Crippen LogP contribution in [-0.4, -0.2) is 19.1 Å². The molecule has 0 N–H and O–H groups in total. The number of aromatic nitrogens is 4. The number of nitrogens with zero attached hydrogens (tertiary/aromatic N) is 4. The smallest absolute Gasteiger partial charge is 0.279 e. The van der Waals surface area contributed by atoms with Crippen molar-refractivity contribution in [2.45, 2.75) is 6.92 Å². The first-order chi connectivity index (χ1) is 8.68. The van der Waals surface area contributed by atoms with Crippen LogP contribution in [0.4, 0.5) is 0 Å². The molecule has 0 fully saturated rings. The van der Waals surface area contributed by atoms with Crippen molar-refractivity contribution >= 4 is 11.2 Å². The number of fused-ring (bicyclic) bond motifs is 1. The number of hydrogen-bond acceptors (Lipinski definition) is 3. The highest BCUT2D eigenvalue weighted by Crippen LogP contribution is 2.13. The van der Waals surface area contributed by atoms with Crippen LogP contribution in [0.25, 0.3) is 16.9 Å². The van der Waals surface area contributed by atoms with Crippen LogP contribution in [0.3, 0.4) is 0 Å². The van der Waals surface area contributed by atoms with Gasteiger partial charge in [0, 0.05) is 12.7 Å². The average molecular weight is 240 g/mol. The molecule has 0 saturated carbocycles. The molecule has 2 aromatic heterocycles. The van der Waals surface area contributed by atoms with Crippen molar-refractivity contribution in [3.63, 3.8) is 0 Å². The highest BCUT2D eigenvalue weighted by Gasteiger charge is 2.12. The second-order valence-corrected chi connectivity index (χ2v) is 4.15. The molecule has 0 aliphatic rings. The third-order valence-electron chi connectivity index (χ3n) is 3.04. The van der Waals surface area contributed by atoms with Gasteiger partial charge in [0.2, 0.25) is 0 Å². The van der Waals surface area contributed by atoms with E-state index in [2.05, 4.69) is 9.97 Å². The second kappa shape index (κ2) is 3.80. The second-order valence-electron chi connectivity index (χ2n) is 4.15. The lowest BCUT2D eigenvalue weighted by molar-refractivity contribution is 0.786. The summed E-state index contributed by atoms with van der Waals surface area (Å²) < 4.78 is 3.30. The first-order valence-electron chi connectivity index (χ1n) is 5.64. The van der Waals surface area contributed by atoms with Gasteiger partial charge in [0.1, 0.15) is 12.2 Å². The highest BCUT2D eigenvalue weighted by molar-refractivity contribution is 5.72. The number of para-hydroxylation sites is 1. The quantitative estimate of drug-likeness (QED) is 0.646. The van der Waals surface area contributed by atoms with Gasteiger partial charge in [-0.25, -0.2) is 9.97 Å². The monoisotopic (exact) mass is 240 g/mol. The maximum absolute atomic E-state index is 12.3. The maximum Gasteiger partial charge on any atom is 0.279 e. The molecule has 5 heteroatoms. The molecule has 0 atom stereocenters. The summed E-state index contributed by atoms with van der Waals surface area (Å²) in [5.41, 5.74) is 1.82. The van der Waals surface area contributed by atoms with Crippen LogP contribution in [0.2, 0.25) is 0 Å². The summed E-state index contributed by atoms with van der Waals surface area (Å²) >= 11 is 0. The van der Waals surface area contributed by atoms with Crippen LogP contribution < -0.4 is 5.56 Å². The Morgan fingerprint density at radius 2 is 1.89 bits per heavy atom. The van der Waals surface area contributed by atoms with Gasteiger partial charge >= 0.3 is 0 Å². The Labute approximate surface area is 103 Å². The standard InChI is InChI=1S/C13H12N4O/c1-9-15-12-11(13(18)16(9)2)17(8-14-12)10-6-4-3-5-7-10/h3-8H,1-2H3. The SMILES string of the molecule is Cc1nc2ncn(-c3ccccc3)c2c(=O)n1C. The lowest BCUT2D eigenvalue weighted by Gasteiger charge is -2.05. The molecule has 0 unspecified atom stereocenters. The van der Waals surface area contributed by atoms with E-state index >= 15 is 0 Å². The lowest BCUT2D eigenvalue weighted by atomic mass is 10.3. The summed E-state index contributed by atoms with van der Waals surface area (Å²) in [5, 5.41) is 0. The lowest BCUT2D eigenvalue weighted by Crippen LogP contribution is -2.22. The molecular weight excluding hydrogens is 228 g/mol. The Bertz CT molecular complexity index is 771. The van der Waals surface area contributed by atoms with Gasteiger partial charge in [-0.05, 0) is 19.1 Å². The summed E-state index contributed by atoms with van der Waals surface area (Å²) in [4.78, 5) is 20.8. The zero-order chi connectivity index (χ0) is 12.7. The van der Waals surface area contributed by atoms with Crippen LogP contribution in [0, 0.1) is 6.92 Å². The Morgan fingerprint density at radius 3 is 2.61 bits per heavy atom. The number of rotatable bonds is 1. The minimum Gasteiger partial charge on any atom is -0.298 e. The topological polar surface area (TPSA) is 52.7 Å². The van der Waals surface area contributed by atoms with Crippen LogP contribution in [-0.2, 0) is 7.05 Å². The number of benzene rings is 1. The molecule has 1 aromatic carbocycles. The highest BCUT2D eigenvalue weighted by atomic mass is 16.1. The predicted molar refractivity (Wildman–Crippen MR) is 68.8 cm³/mol. The Hall–Kier alpha value is -2.43. The zero-order valence-electron chi connectivity index (χ0n) is 10.2. The van der Waals surface area contributed by atoms with Crippen molar-refractivity contribution in [1.82, 2.24) is 19.1 Å². The van der Waals surface area contributed by atoms with Gasteiger partial charge in [-0.2, -0.15) is 0 Å². The predicted octanol–water partition coefficient (Wildman–Crippen LogP) is 1.43. The number of aryl methyl sites for hydroxylation is 1. The van der Waals surface area contributed by atoms with Crippen LogP contribution in [0.15, 0.2) is 41.5 Å². The van der Waals surface area contributed by atoms with Crippen molar-refractivity contribution in [2.24, 2.45) is 7.05 Å². The van der Waals surface area contributed by atoms with Crippen molar-refractivity contribution in [3.8, 4) is 5.69 Å². The van der Waals surface area contributed by atoms with Crippen molar-refractivity contribution in [1.29, 1.82) is 0 Å². The fourth-order valence-corrected chi connectivity index (χ4v) is 1.94. The van der Waals surface area contributed by atoms with Crippen LogP contribution >= 0.6 is 0 Å². The van der Waals surface area contributed by atoms with E-state index in [0.717, 1.165) is 5.69 Å². The molecule has 18 heavy (non-hydrogen) atoms. The van der Waals surface area contributed by atoms with E-state index in [9.17, 15) is 4.79 Å². The molecule has 3 aromatic rings. The Morgan fingerprint density at radius 1 is 1.17 bits per heavy atom. The van der Waals surface area contributed by atoms with Gasteiger partial charge in [0.25, 0.3) is 5.56 Å². The maximum atomic E-state index is 12.3. The fraction of sp³-hybridized carbons (Fsp3) is 0.154. The van der Waals surface area contributed by atoms with E-state index in [-0.39, 0.29) is 5.56 Å². The Balaban J connectivity index is 2.40. The van der Waals surface area contributed by atoms with E-state index in [1.54, 1.807) is 24.9 Å². The number of hydrogen-bond donors (Lipinski definition) is 0. The zero-order valence-corrected chi connectivity index (χ0v) is 10.2. The molecule has 3 rings (SSSR count). The molecule has 90 valence electrons. The molecule has 0 saturated heterocycles. The van der Waals surface area contributed by atoms with Gasteiger partial charge in [-0.15, -0.1) is 0 Å². The molecule has 0 aliphatic heterocycles. The van der Waals surface area contributed by atoms with Crippen molar-refractivity contribution in [3.05, 3.63) is 52.8 Å². The molecule has 0 radical (unpaired) electrons. The molecule has 0 aliphatic carbocycles. The van der Waals surface area contributed by atoms with Crippen molar-refractivity contribution < 1.29 is 0 Å². The number of imidazole rings is 1. The third-order valence-corrected chi connectivity index (χ3v) is 3.04. The Kier molecular flexibility index (Phi) is 2.26. The van der Waals surface area contributed by atoms with Crippen LogP contribution in [0.5, 0.6) is 0 Å². The van der Waals surface area contributed by atoms with E-state index in [0.29, 0.717) is 17.0 Å². The molecule has 5 nitrogen and oxygen atoms in total. The van der Waals surface area contributed by atoms with E-state index in [1.165, 1.54) is 4.57 Å².